The Morgan fingerprint density at radius 2 is 1.06 bits per heavy atom. The van der Waals surface area contributed by atoms with Crippen LogP contribution in [0.4, 0.5) is 17.1 Å². The van der Waals surface area contributed by atoms with Crippen molar-refractivity contribution >= 4 is 52.5 Å². The number of carbonyl (C=O) groups excluding carboxylic acids is 6. The van der Waals surface area contributed by atoms with Crippen LogP contribution in [-0.2, 0) is 0 Å². The van der Waals surface area contributed by atoms with Gasteiger partial charge in [-0.25, -0.2) is 4.90 Å². The summed E-state index contributed by atoms with van der Waals surface area (Å²) in [5, 5.41) is 5.57. The third kappa shape index (κ3) is 5.69. The lowest BCUT2D eigenvalue weighted by molar-refractivity contribution is 0.0691. The van der Waals surface area contributed by atoms with Crippen LogP contribution in [0.2, 0.25) is 0 Å². The lowest BCUT2D eigenvalue weighted by atomic mass is 10.1. The first-order chi connectivity index (χ1) is 23.6. The fraction of sp³-hybridized carbons (Fsp3) is 0.0526. The maximum atomic E-state index is 13.3. The quantitative estimate of drug-likeness (QED) is 0.196. The molecule has 49 heavy (non-hydrogen) atoms. The standard InChI is InChI=1S/C38H26N4O7/c1-21-4-3-5-25(18-21)40-34(44)23-7-17-30-32(20-23)38(48)42(37(30)47)26-10-14-28(15-11-26)49-27-12-8-24(9-13-27)39-33(43)22-6-16-29-31(19-22)36(46)41(2)35(29)45/h3-20H,1-2H3,(H,39,43)(H,40,44). The molecule has 0 radical (unpaired) electrons. The summed E-state index contributed by atoms with van der Waals surface area (Å²) in [5.41, 5.74) is 3.71. The van der Waals surface area contributed by atoms with Crippen LogP contribution in [-0.4, -0.2) is 47.4 Å². The number of anilines is 3. The second kappa shape index (κ2) is 12.0. The Hall–Kier alpha value is -6.88. The monoisotopic (exact) mass is 650 g/mol. The number of hydrogen-bond acceptors (Lipinski definition) is 7. The molecule has 5 aromatic rings. The SMILES string of the molecule is Cc1cccc(NC(=O)c2ccc3c(c2)C(=O)N(c2ccc(Oc4ccc(NC(=O)c5ccc6c(c5)C(=O)N(C)C6=O)cc4)cc2)C3=O)c1. The Balaban J connectivity index is 0.989. The summed E-state index contributed by atoms with van der Waals surface area (Å²) in [6.07, 6.45) is 0. The number of carbonyl (C=O) groups is 6. The molecule has 0 atom stereocenters. The minimum absolute atomic E-state index is 0.141. The van der Waals surface area contributed by atoms with Crippen LogP contribution >= 0.6 is 0 Å². The van der Waals surface area contributed by atoms with Crippen LogP contribution in [0.3, 0.4) is 0 Å². The molecule has 2 aliphatic rings. The largest absolute Gasteiger partial charge is 0.457 e. The lowest BCUT2D eigenvalue weighted by Gasteiger charge is -2.14. The van der Waals surface area contributed by atoms with Gasteiger partial charge in [0.15, 0.2) is 0 Å². The van der Waals surface area contributed by atoms with E-state index in [4.69, 9.17) is 4.74 Å². The molecule has 2 N–H and O–H groups in total. The molecule has 0 saturated carbocycles. The third-order valence-electron chi connectivity index (χ3n) is 8.22. The molecule has 2 aliphatic heterocycles. The summed E-state index contributed by atoms with van der Waals surface area (Å²) in [4.78, 5) is 78.7. The summed E-state index contributed by atoms with van der Waals surface area (Å²) in [5.74, 6) is -1.83. The molecule has 0 unspecified atom stereocenters. The molecule has 0 bridgehead atoms. The number of benzene rings is 5. The Bertz CT molecular complexity index is 2240. The molecule has 2 heterocycles. The van der Waals surface area contributed by atoms with Crippen molar-refractivity contribution in [3.8, 4) is 11.5 Å². The first-order valence-corrected chi connectivity index (χ1v) is 15.1. The summed E-state index contributed by atoms with van der Waals surface area (Å²) >= 11 is 0. The Morgan fingerprint density at radius 3 is 1.67 bits per heavy atom. The van der Waals surface area contributed by atoms with Crippen molar-refractivity contribution in [2.45, 2.75) is 6.92 Å². The van der Waals surface area contributed by atoms with Gasteiger partial charge in [-0.05, 0) is 110 Å². The number of rotatable bonds is 7. The van der Waals surface area contributed by atoms with E-state index in [0.717, 1.165) is 15.4 Å². The Morgan fingerprint density at radius 1 is 0.551 bits per heavy atom. The highest BCUT2D eigenvalue weighted by molar-refractivity contribution is 6.35. The van der Waals surface area contributed by atoms with Crippen LogP contribution in [0, 0.1) is 6.92 Å². The van der Waals surface area contributed by atoms with E-state index in [0.29, 0.717) is 28.6 Å². The van der Waals surface area contributed by atoms with Crippen LogP contribution in [0.5, 0.6) is 11.5 Å². The van der Waals surface area contributed by atoms with Crippen molar-refractivity contribution in [2.24, 2.45) is 0 Å². The lowest BCUT2D eigenvalue weighted by Crippen LogP contribution is -2.29. The highest BCUT2D eigenvalue weighted by Crippen LogP contribution is 2.32. The smallest absolute Gasteiger partial charge is 0.266 e. The van der Waals surface area contributed by atoms with Crippen LogP contribution in [0.25, 0.3) is 0 Å². The predicted molar refractivity (Wildman–Crippen MR) is 180 cm³/mol. The molecule has 11 nitrogen and oxygen atoms in total. The molecule has 240 valence electrons. The van der Waals surface area contributed by atoms with Gasteiger partial charge in [-0.3, -0.25) is 33.7 Å². The van der Waals surface area contributed by atoms with Crippen molar-refractivity contribution in [3.05, 3.63) is 148 Å². The fourth-order valence-electron chi connectivity index (χ4n) is 5.65. The van der Waals surface area contributed by atoms with Gasteiger partial charge in [-0.2, -0.15) is 0 Å². The molecular formula is C38H26N4O7. The van der Waals surface area contributed by atoms with Gasteiger partial charge in [-0.15, -0.1) is 0 Å². The van der Waals surface area contributed by atoms with Crippen LogP contribution in [0.1, 0.15) is 67.7 Å². The first kappa shape index (κ1) is 30.8. The number of imide groups is 2. The van der Waals surface area contributed by atoms with Crippen molar-refractivity contribution in [3.63, 3.8) is 0 Å². The van der Waals surface area contributed by atoms with E-state index in [1.807, 2.05) is 25.1 Å². The molecule has 11 heteroatoms. The Kier molecular flexibility index (Phi) is 7.56. The predicted octanol–water partition coefficient (Wildman–Crippen LogP) is 6.32. The van der Waals surface area contributed by atoms with Gasteiger partial charge in [0, 0.05) is 29.5 Å². The average molecular weight is 651 g/mol. The number of fused-ring (bicyclic) bond motifs is 2. The number of hydrogen-bond donors (Lipinski definition) is 2. The van der Waals surface area contributed by atoms with Crippen LogP contribution < -0.4 is 20.3 Å². The molecule has 0 saturated heterocycles. The van der Waals surface area contributed by atoms with Crippen LogP contribution in [0.15, 0.2) is 109 Å². The van der Waals surface area contributed by atoms with Gasteiger partial charge in [0.25, 0.3) is 35.4 Å². The van der Waals surface area contributed by atoms with Crippen molar-refractivity contribution < 1.29 is 33.5 Å². The zero-order valence-electron chi connectivity index (χ0n) is 26.1. The summed E-state index contributed by atoms with van der Waals surface area (Å²) in [6, 6.07) is 29.1. The van der Waals surface area contributed by atoms with Crippen molar-refractivity contribution in [1.82, 2.24) is 4.90 Å². The van der Waals surface area contributed by atoms with Gasteiger partial charge < -0.3 is 15.4 Å². The van der Waals surface area contributed by atoms with E-state index in [1.165, 1.54) is 43.4 Å². The van der Waals surface area contributed by atoms with E-state index in [2.05, 4.69) is 10.6 Å². The molecular weight excluding hydrogens is 624 g/mol. The van der Waals surface area contributed by atoms with E-state index in [1.54, 1.807) is 54.6 Å². The van der Waals surface area contributed by atoms with Gasteiger partial charge in [0.05, 0.1) is 27.9 Å². The highest BCUT2D eigenvalue weighted by Gasteiger charge is 2.37. The number of amides is 6. The molecule has 7 rings (SSSR count). The molecule has 0 spiro atoms. The summed E-state index contributed by atoms with van der Waals surface area (Å²) in [7, 11) is 1.39. The summed E-state index contributed by atoms with van der Waals surface area (Å²) < 4.78 is 5.92. The number of nitrogens with zero attached hydrogens (tertiary/aromatic N) is 2. The molecule has 6 amide bonds. The zero-order valence-corrected chi connectivity index (χ0v) is 26.1. The highest BCUT2D eigenvalue weighted by atomic mass is 16.5. The van der Waals surface area contributed by atoms with Gasteiger partial charge in [0.2, 0.25) is 0 Å². The molecule has 0 aliphatic carbocycles. The summed E-state index contributed by atoms with van der Waals surface area (Å²) in [6.45, 7) is 1.92. The topological polar surface area (TPSA) is 142 Å². The fourth-order valence-corrected chi connectivity index (χ4v) is 5.65. The Labute approximate surface area is 279 Å². The van der Waals surface area contributed by atoms with E-state index in [-0.39, 0.29) is 33.4 Å². The second-order valence-corrected chi connectivity index (χ2v) is 11.5. The average Bonchev–Trinajstić information content (AvgIpc) is 3.48. The van der Waals surface area contributed by atoms with Gasteiger partial charge in [-0.1, -0.05) is 12.1 Å². The van der Waals surface area contributed by atoms with Crippen molar-refractivity contribution in [2.75, 3.05) is 22.6 Å². The zero-order chi connectivity index (χ0) is 34.4. The number of aryl methyl sites for hydroxylation is 1. The molecule has 5 aromatic carbocycles. The maximum absolute atomic E-state index is 13.3. The minimum atomic E-state index is -0.538. The first-order valence-electron chi connectivity index (χ1n) is 15.1. The molecule has 0 fully saturated rings. The molecule has 0 aromatic heterocycles. The van der Waals surface area contributed by atoms with E-state index >= 15 is 0 Å². The second-order valence-electron chi connectivity index (χ2n) is 11.5. The van der Waals surface area contributed by atoms with E-state index in [9.17, 15) is 28.8 Å². The number of ether oxygens (including phenoxy) is 1. The maximum Gasteiger partial charge on any atom is 0.266 e. The minimum Gasteiger partial charge on any atom is -0.457 e. The van der Waals surface area contributed by atoms with Crippen molar-refractivity contribution in [1.29, 1.82) is 0 Å². The normalized spacial score (nSPS) is 13.3. The number of nitrogens with one attached hydrogen (secondary N) is 2. The third-order valence-corrected chi connectivity index (χ3v) is 8.22. The van der Waals surface area contributed by atoms with E-state index < -0.39 is 35.4 Å². The van der Waals surface area contributed by atoms with Gasteiger partial charge in [0.1, 0.15) is 11.5 Å². The van der Waals surface area contributed by atoms with Gasteiger partial charge >= 0.3 is 0 Å².